The molecule has 2 rings (SSSR count). The molecule has 9 heteroatoms. The van der Waals surface area contributed by atoms with Crippen LogP contribution in [-0.4, -0.2) is 46.4 Å². The van der Waals surface area contributed by atoms with E-state index in [2.05, 4.69) is 10.3 Å². The van der Waals surface area contributed by atoms with Crippen molar-refractivity contribution >= 4 is 27.4 Å². The topological polar surface area (TPSA) is 114 Å². The Hall–Kier alpha value is -1.58. The first-order chi connectivity index (χ1) is 9.04. The zero-order valence-corrected chi connectivity index (χ0v) is 11.1. The van der Waals surface area contributed by atoms with E-state index in [1.54, 1.807) is 0 Å². The zero-order chi connectivity index (χ0) is 13.8. The van der Waals surface area contributed by atoms with Crippen LogP contribution >= 0.6 is 11.3 Å². The molecule has 0 bridgehead atoms. The van der Waals surface area contributed by atoms with Crippen LogP contribution < -0.4 is 11.1 Å². The lowest BCUT2D eigenvalue weighted by atomic mass is 10.1. The monoisotopic (exact) mass is 285 g/mol. The molecule has 0 radical (unpaired) electrons. The van der Waals surface area contributed by atoms with Gasteiger partial charge in [0.2, 0.25) is 5.91 Å². The first-order valence-corrected chi connectivity index (χ1v) is 6.74. The summed E-state index contributed by atoms with van der Waals surface area (Å²) in [5.74, 6) is -0.209. The number of nitrogens with zero attached hydrogens (tertiary/aromatic N) is 3. The number of nitrogens with one attached hydrogen (secondary N) is 1. The molecular weight excluding hydrogens is 270 g/mol. The van der Waals surface area contributed by atoms with Crippen molar-refractivity contribution in [2.75, 3.05) is 25.0 Å². The number of nitro groups is 1. The van der Waals surface area contributed by atoms with E-state index in [-0.39, 0.29) is 28.6 Å². The second-order valence-corrected chi connectivity index (χ2v) is 5.43. The lowest BCUT2D eigenvalue weighted by Crippen LogP contribution is -2.43. The van der Waals surface area contributed by atoms with Gasteiger partial charge in [-0.3, -0.25) is 19.8 Å². The minimum Gasteiger partial charge on any atom is -0.328 e. The largest absolute Gasteiger partial charge is 0.345 e. The van der Waals surface area contributed by atoms with Crippen molar-refractivity contribution in [1.82, 2.24) is 9.88 Å². The van der Waals surface area contributed by atoms with Crippen molar-refractivity contribution < 1.29 is 9.72 Å². The molecule has 19 heavy (non-hydrogen) atoms. The molecule has 1 fully saturated rings. The summed E-state index contributed by atoms with van der Waals surface area (Å²) < 4.78 is 0. The fourth-order valence-corrected chi connectivity index (χ4v) is 2.53. The molecule has 104 valence electrons. The molecule has 2 heterocycles. The fraction of sp³-hybridized carbons (Fsp3) is 0.600. The molecule has 1 aromatic rings. The molecule has 0 aromatic carbocycles. The van der Waals surface area contributed by atoms with Gasteiger partial charge in [-0.1, -0.05) is 0 Å². The van der Waals surface area contributed by atoms with E-state index in [1.807, 2.05) is 4.90 Å². The first kappa shape index (κ1) is 13.8. The smallest absolute Gasteiger partial charge is 0.328 e. The second-order valence-electron chi connectivity index (χ2n) is 4.42. The third-order valence-electron chi connectivity index (χ3n) is 2.92. The van der Waals surface area contributed by atoms with Crippen molar-refractivity contribution in [3.8, 4) is 0 Å². The normalized spacial score (nSPS) is 17.3. The Balaban J connectivity index is 1.82. The van der Waals surface area contributed by atoms with Gasteiger partial charge in [0.25, 0.3) is 0 Å². The Kier molecular flexibility index (Phi) is 4.40. The van der Waals surface area contributed by atoms with Crippen molar-refractivity contribution in [3.05, 3.63) is 16.3 Å². The van der Waals surface area contributed by atoms with Gasteiger partial charge in [0, 0.05) is 19.1 Å². The number of anilines is 1. The van der Waals surface area contributed by atoms with Gasteiger partial charge in [-0.2, -0.15) is 0 Å². The van der Waals surface area contributed by atoms with E-state index in [9.17, 15) is 14.9 Å². The lowest BCUT2D eigenvalue weighted by molar-refractivity contribution is -0.380. The van der Waals surface area contributed by atoms with Crippen LogP contribution in [-0.2, 0) is 4.79 Å². The summed E-state index contributed by atoms with van der Waals surface area (Å²) in [5.41, 5.74) is 5.78. The number of nitrogens with two attached hydrogens (primary N) is 1. The third-order valence-corrected chi connectivity index (χ3v) is 3.78. The lowest BCUT2D eigenvalue weighted by Gasteiger charge is -2.29. The number of carbonyl (C=O) groups excluding carboxylic acids is 1. The molecule has 3 N–H and O–H groups in total. The van der Waals surface area contributed by atoms with Crippen molar-refractivity contribution in [3.63, 3.8) is 0 Å². The van der Waals surface area contributed by atoms with E-state index < -0.39 is 4.92 Å². The van der Waals surface area contributed by atoms with Gasteiger partial charge in [-0.25, -0.2) is 4.98 Å². The summed E-state index contributed by atoms with van der Waals surface area (Å²) in [7, 11) is 0. The quantitative estimate of drug-likeness (QED) is 0.611. The van der Waals surface area contributed by atoms with Gasteiger partial charge < -0.3 is 11.1 Å². The number of hydrogen-bond acceptors (Lipinski definition) is 7. The Bertz CT molecular complexity index is 469. The van der Waals surface area contributed by atoms with Crippen LogP contribution in [0.3, 0.4) is 0 Å². The Morgan fingerprint density at radius 3 is 2.89 bits per heavy atom. The molecular formula is C10H15N5O3S. The summed E-state index contributed by atoms with van der Waals surface area (Å²) in [6, 6.07) is 0.223. The van der Waals surface area contributed by atoms with Gasteiger partial charge in [0.05, 0.1) is 11.5 Å². The van der Waals surface area contributed by atoms with E-state index in [1.165, 1.54) is 0 Å². The first-order valence-electron chi connectivity index (χ1n) is 5.92. The molecule has 0 atom stereocenters. The van der Waals surface area contributed by atoms with Crippen molar-refractivity contribution in [2.45, 2.75) is 18.9 Å². The van der Waals surface area contributed by atoms with Crippen LogP contribution in [0.4, 0.5) is 10.1 Å². The number of thiazole rings is 1. The summed E-state index contributed by atoms with van der Waals surface area (Å²) in [6.45, 7) is 1.86. The van der Waals surface area contributed by atoms with Crippen LogP contribution in [0.2, 0.25) is 0 Å². The standard InChI is InChI=1S/C10H15N5O3S/c11-7-1-3-14(4-2-7)6-8(16)13-10-12-5-9(19-10)15(17)18/h5,7H,1-4,6,11H2,(H,12,13,16). The number of carbonyl (C=O) groups is 1. The molecule has 1 amide bonds. The molecule has 0 spiro atoms. The third kappa shape index (κ3) is 3.94. The van der Waals surface area contributed by atoms with Crippen LogP contribution in [0.1, 0.15) is 12.8 Å². The maximum atomic E-state index is 11.8. The average molecular weight is 285 g/mol. The Morgan fingerprint density at radius 1 is 1.63 bits per heavy atom. The summed E-state index contributed by atoms with van der Waals surface area (Å²) in [4.78, 5) is 27.5. The molecule has 8 nitrogen and oxygen atoms in total. The van der Waals surface area contributed by atoms with E-state index >= 15 is 0 Å². The predicted octanol–water partition coefficient (Wildman–Crippen LogP) is 0.413. The number of rotatable bonds is 4. The Labute approximate surface area is 113 Å². The number of piperidine rings is 1. The number of likely N-dealkylation sites (tertiary alicyclic amines) is 1. The molecule has 0 saturated carbocycles. The van der Waals surface area contributed by atoms with Crippen molar-refractivity contribution in [2.24, 2.45) is 5.73 Å². The highest BCUT2D eigenvalue weighted by Crippen LogP contribution is 2.24. The Morgan fingerprint density at radius 2 is 2.32 bits per heavy atom. The molecule has 1 aliphatic rings. The highest BCUT2D eigenvalue weighted by Gasteiger charge is 2.19. The van der Waals surface area contributed by atoms with Crippen LogP contribution in [0.25, 0.3) is 0 Å². The van der Waals surface area contributed by atoms with Gasteiger partial charge in [-0.05, 0) is 24.2 Å². The molecule has 0 aliphatic carbocycles. The summed E-state index contributed by atoms with van der Waals surface area (Å²) in [5, 5.41) is 13.2. The number of hydrogen-bond donors (Lipinski definition) is 2. The average Bonchev–Trinajstić information content (AvgIpc) is 2.80. The minimum absolute atomic E-state index is 0.0840. The van der Waals surface area contributed by atoms with Gasteiger partial charge in [0.15, 0.2) is 5.13 Å². The fourth-order valence-electron chi connectivity index (χ4n) is 1.88. The van der Waals surface area contributed by atoms with Gasteiger partial charge >= 0.3 is 5.00 Å². The highest BCUT2D eigenvalue weighted by molar-refractivity contribution is 7.18. The van der Waals surface area contributed by atoms with Crippen LogP contribution in [0, 0.1) is 10.1 Å². The molecule has 1 saturated heterocycles. The van der Waals surface area contributed by atoms with Crippen LogP contribution in [0.5, 0.6) is 0 Å². The molecule has 1 aromatic heterocycles. The predicted molar refractivity (Wildman–Crippen MR) is 71.0 cm³/mol. The maximum absolute atomic E-state index is 11.8. The maximum Gasteiger partial charge on any atom is 0.345 e. The van der Waals surface area contributed by atoms with E-state index in [4.69, 9.17) is 5.73 Å². The minimum atomic E-state index is -0.528. The zero-order valence-electron chi connectivity index (χ0n) is 10.2. The number of amides is 1. The molecule has 1 aliphatic heterocycles. The second kappa shape index (κ2) is 6.04. The van der Waals surface area contributed by atoms with Gasteiger partial charge in [0.1, 0.15) is 6.20 Å². The van der Waals surface area contributed by atoms with E-state index in [0.29, 0.717) is 0 Å². The van der Waals surface area contributed by atoms with Gasteiger partial charge in [-0.15, -0.1) is 0 Å². The molecule has 0 unspecified atom stereocenters. The van der Waals surface area contributed by atoms with Crippen LogP contribution in [0.15, 0.2) is 6.20 Å². The highest BCUT2D eigenvalue weighted by atomic mass is 32.1. The summed E-state index contributed by atoms with van der Waals surface area (Å²) in [6.07, 6.45) is 2.91. The number of aromatic nitrogens is 1. The van der Waals surface area contributed by atoms with E-state index in [0.717, 1.165) is 43.5 Å². The summed E-state index contributed by atoms with van der Waals surface area (Å²) >= 11 is 0.851. The van der Waals surface area contributed by atoms with Crippen molar-refractivity contribution in [1.29, 1.82) is 0 Å². The SMILES string of the molecule is NC1CCN(CC(=O)Nc2ncc([N+](=O)[O-])s2)CC1.